The molecule has 0 aromatic carbocycles. The second kappa shape index (κ2) is 6.00. The Labute approximate surface area is 136 Å². The highest BCUT2D eigenvalue weighted by Gasteiger charge is 2.55. The summed E-state index contributed by atoms with van der Waals surface area (Å²) in [7, 11) is 0. The van der Waals surface area contributed by atoms with Crippen LogP contribution in [-0.2, 0) is 4.74 Å². The summed E-state index contributed by atoms with van der Waals surface area (Å²) in [6.07, 6.45) is 4.97. The van der Waals surface area contributed by atoms with Crippen LogP contribution in [0.2, 0.25) is 0 Å². The number of amides is 2. The van der Waals surface area contributed by atoms with Crippen LogP contribution >= 0.6 is 0 Å². The summed E-state index contributed by atoms with van der Waals surface area (Å²) < 4.78 is 11.8. The smallest absolute Gasteiger partial charge is 0.320 e. The Bertz CT molecular complexity index is 553. The molecule has 0 bridgehead atoms. The molecule has 4 rings (SSSR count). The summed E-state index contributed by atoms with van der Waals surface area (Å²) in [5.74, 6) is 0.978. The molecule has 3 saturated heterocycles. The molecule has 2 amide bonds. The van der Waals surface area contributed by atoms with Crippen molar-refractivity contribution in [3.8, 4) is 5.88 Å². The SMILES string of the molecule is O=C(N1CCCC1)N1CC2(C1)OCCC2COc1ccccn1. The lowest BCUT2D eigenvalue weighted by atomic mass is 9.81. The number of hydrogen-bond acceptors (Lipinski definition) is 4. The second-order valence-electron chi connectivity index (χ2n) is 6.71. The number of nitrogens with zero attached hydrogens (tertiary/aromatic N) is 3. The molecule has 3 aliphatic heterocycles. The van der Waals surface area contributed by atoms with Gasteiger partial charge in [0, 0.05) is 37.9 Å². The first-order valence-corrected chi connectivity index (χ1v) is 8.48. The molecule has 3 aliphatic rings. The van der Waals surface area contributed by atoms with Gasteiger partial charge in [0.2, 0.25) is 5.88 Å². The third-order valence-corrected chi connectivity index (χ3v) is 5.23. The van der Waals surface area contributed by atoms with Crippen LogP contribution < -0.4 is 4.74 Å². The van der Waals surface area contributed by atoms with E-state index in [2.05, 4.69) is 4.98 Å². The molecule has 1 spiro atoms. The summed E-state index contributed by atoms with van der Waals surface area (Å²) in [5, 5.41) is 0. The van der Waals surface area contributed by atoms with Crippen LogP contribution in [0.5, 0.6) is 5.88 Å². The Hall–Kier alpha value is -1.82. The van der Waals surface area contributed by atoms with E-state index in [9.17, 15) is 4.79 Å². The van der Waals surface area contributed by atoms with Gasteiger partial charge in [0.15, 0.2) is 0 Å². The molecule has 1 unspecified atom stereocenters. The average Bonchev–Trinajstić information content (AvgIpc) is 3.21. The first-order chi connectivity index (χ1) is 11.3. The summed E-state index contributed by atoms with van der Waals surface area (Å²) in [5.41, 5.74) is -0.204. The molecule has 0 saturated carbocycles. The van der Waals surface area contributed by atoms with Crippen LogP contribution in [0.25, 0.3) is 0 Å². The number of carbonyl (C=O) groups excluding carboxylic acids is 1. The average molecular weight is 317 g/mol. The van der Waals surface area contributed by atoms with E-state index in [1.807, 2.05) is 28.0 Å². The van der Waals surface area contributed by atoms with Crippen molar-refractivity contribution in [3.05, 3.63) is 24.4 Å². The highest BCUT2D eigenvalue weighted by atomic mass is 16.5. The Morgan fingerprint density at radius 3 is 2.87 bits per heavy atom. The zero-order valence-corrected chi connectivity index (χ0v) is 13.3. The molecule has 6 heteroatoms. The number of rotatable bonds is 3. The summed E-state index contributed by atoms with van der Waals surface area (Å²) in [6, 6.07) is 5.84. The minimum atomic E-state index is -0.204. The van der Waals surface area contributed by atoms with Gasteiger partial charge >= 0.3 is 6.03 Å². The van der Waals surface area contributed by atoms with Crippen molar-refractivity contribution >= 4 is 6.03 Å². The largest absolute Gasteiger partial charge is 0.477 e. The number of aromatic nitrogens is 1. The summed E-state index contributed by atoms with van der Waals surface area (Å²) in [4.78, 5) is 20.5. The van der Waals surface area contributed by atoms with Gasteiger partial charge in [0.1, 0.15) is 5.60 Å². The number of likely N-dealkylation sites (tertiary alicyclic amines) is 2. The highest BCUT2D eigenvalue weighted by molar-refractivity contribution is 5.76. The van der Waals surface area contributed by atoms with Gasteiger partial charge in [-0.1, -0.05) is 6.07 Å². The van der Waals surface area contributed by atoms with Gasteiger partial charge in [-0.15, -0.1) is 0 Å². The molecular formula is C17H23N3O3. The molecule has 4 heterocycles. The third kappa shape index (κ3) is 2.76. The van der Waals surface area contributed by atoms with Crippen molar-refractivity contribution in [2.24, 2.45) is 5.92 Å². The third-order valence-electron chi connectivity index (χ3n) is 5.23. The molecule has 6 nitrogen and oxygen atoms in total. The van der Waals surface area contributed by atoms with E-state index in [1.54, 1.807) is 6.20 Å². The maximum absolute atomic E-state index is 12.4. The first kappa shape index (κ1) is 14.8. The van der Waals surface area contributed by atoms with Gasteiger partial charge in [-0.3, -0.25) is 0 Å². The van der Waals surface area contributed by atoms with Crippen molar-refractivity contribution in [1.29, 1.82) is 0 Å². The number of ether oxygens (including phenoxy) is 2. The first-order valence-electron chi connectivity index (χ1n) is 8.48. The van der Waals surface area contributed by atoms with Crippen molar-refractivity contribution in [3.63, 3.8) is 0 Å². The van der Waals surface area contributed by atoms with E-state index in [0.29, 0.717) is 31.5 Å². The van der Waals surface area contributed by atoms with Gasteiger partial charge in [-0.25, -0.2) is 9.78 Å². The van der Waals surface area contributed by atoms with E-state index in [-0.39, 0.29) is 11.6 Å². The molecule has 1 aromatic rings. The van der Waals surface area contributed by atoms with Gasteiger partial charge in [-0.2, -0.15) is 0 Å². The Balaban J connectivity index is 1.33. The Kier molecular flexibility index (Phi) is 3.85. The standard InChI is InChI=1S/C17H23N3O3/c21-16(19-8-3-4-9-19)20-12-17(13-20)14(6-10-23-17)11-22-15-5-1-2-7-18-15/h1-2,5,7,14H,3-4,6,8-13H2. The lowest BCUT2D eigenvalue weighted by Gasteiger charge is -2.50. The van der Waals surface area contributed by atoms with Crippen LogP contribution in [0.15, 0.2) is 24.4 Å². The quantitative estimate of drug-likeness (QED) is 0.852. The Morgan fingerprint density at radius 2 is 2.13 bits per heavy atom. The number of carbonyl (C=O) groups is 1. The minimum absolute atomic E-state index is 0.174. The maximum atomic E-state index is 12.4. The molecule has 0 N–H and O–H groups in total. The van der Waals surface area contributed by atoms with Gasteiger partial charge in [0.05, 0.1) is 19.7 Å². The van der Waals surface area contributed by atoms with Gasteiger partial charge < -0.3 is 19.3 Å². The summed E-state index contributed by atoms with van der Waals surface area (Å²) >= 11 is 0. The Morgan fingerprint density at radius 1 is 1.30 bits per heavy atom. The fraction of sp³-hybridized carbons (Fsp3) is 0.647. The molecule has 3 fully saturated rings. The molecule has 0 radical (unpaired) electrons. The highest BCUT2D eigenvalue weighted by Crippen LogP contribution is 2.40. The molecule has 1 atom stereocenters. The van der Waals surface area contributed by atoms with Crippen LogP contribution in [0.4, 0.5) is 4.79 Å². The second-order valence-corrected chi connectivity index (χ2v) is 6.71. The number of urea groups is 1. The van der Waals surface area contributed by atoms with Gasteiger partial charge in [0.25, 0.3) is 0 Å². The molecule has 0 aliphatic carbocycles. The maximum Gasteiger partial charge on any atom is 0.320 e. The fourth-order valence-corrected chi connectivity index (χ4v) is 3.83. The van der Waals surface area contributed by atoms with Crippen LogP contribution in [0.1, 0.15) is 19.3 Å². The predicted octanol–water partition coefficient (Wildman–Crippen LogP) is 1.77. The van der Waals surface area contributed by atoms with Crippen molar-refractivity contribution < 1.29 is 14.3 Å². The van der Waals surface area contributed by atoms with Crippen LogP contribution in [0, 0.1) is 5.92 Å². The van der Waals surface area contributed by atoms with E-state index >= 15 is 0 Å². The molecule has 124 valence electrons. The monoisotopic (exact) mass is 317 g/mol. The van der Waals surface area contributed by atoms with Crippen LogP contribution in [-0.4, -0.2) is 65.8 Å². The predicted molar refractivity (Wildman–Crippen MR) is 84.3 cm³/mol. The van der Waals surface area contributed by atoms with Gasteiger partial charge in [-0.05, 0) is 25.3 Å². The topological polar surface area (TPSA) is 54.9 Å². The van der Waals surface area contributed by atoms with E-state index in [1.165, 1.54) is 0 Å². The van der Waals surface area contributed by atoms with Crippen molar-refractivity contribution in [2.75, 3.05) is 39.4 Å². The van der Waals surface area contributed by atoms with E-state index in [0.717, 1.165) is 39.0 Å². The molecule has 23 heavy (non-hydrogen) atoms. The zero-order chi connectivity index (χ0) is 15.7. The number of pyridine rings is 1. The molecule has 1 aromatic heterocycles. The van der Waals surface area contributed by atoms with Crippen LogP contribution in [0.3, 0.4) is 0 Å². The van der Waals surface area contributed by atoms with E-state index in [4.69, 9.17) is 9.47 Å². The van der Waals surface area contributed by atoms with Crippen molar-refractivity contribution in [1.82, 2.24) is 14.8 Å². The lowest BCUT2D eigenvalue weighted by molar-refractivity contribution is -0.122. The van der Waals surface area contributed by atoms with Crippen molar-refractivity contribution in [2.45, 2.75) is 24.9 Å². The number of hydrogen-bond donors (Lipinski definition) is 0. The molecular weight excluding hydrogens is 294 g/mol. The lowest BCUT2D eigenvalue weighted by Crippen LogP contribution is -2.68. The minimum Gasteiger partial charge on any atom is -0.477 e. The van der Waals surface area contributed by atoms with E-state index < -0.39 is 0 Å². The summed E-state index contributed by atoms with van der Waals surface area (Å²) in [6.45, 7) is 4.53. The zero-order valence-electron chi connectivity index (χ0n) is 13.3. The fourth-order valence-electron chi connectivity index (χ4n) is 3.83. The normalized spacial score (nSPS) is 25.7.